The van der Waals surface area contributed by atoms with Gasteiger partial charge in [0.05, 0.1) is 19.3 Å². The molecule has 190 valence electrons. The molecule has 4 fully saturated rings. The summed E-state index contributed by atoms with van der Waals surface area (Å²) in [7, 11) is 0. The van der Waals surface area contributed by atoms with Gasteiger partial charge < -0.3 is 38.4 Å². The molecular formula is C24H37N3O7. The Morgan fingerprint density at radius 3 is 2.53 bits per heavy atom. The van der Waals surface area contributed by atoms with Gasteiger partial charge in [-0.2, -0.15) is 0 Å². The van der Waals surface area contributed by atoms with Gasteiger partial charge in [0.1, 0.15) is 30.2 Å². The van der Waals surface area contributed by atoms with Crippen LogP contribution in [0.15, 0.2) is 24.4 Å². The molecule has 34 heavy (non-hydrogen) atoms. The fourth-order valence-electron chi connectivity index (χ4n) is 5.14. The minimum atomic E-state index is -0.750. The molecule has 6 atom stereocenters. The minimum Gasteiger partial charge on any atom is -0.389 e. The molecule has 0 aliphatic carbocycles. The van der Waals surface area contributed by atoms with Gasteiger partial charge in [-0.25, -0.2) is 4.98 Å². The van der Waals surface area contributed by atoms with Crippen molar-refractivity contribution in [1.29, 1.82) is 0 Å². The SMILES string of the molecule is CC1(C)O[C@H]2O[C@H]([C@H]3COC(C)(C)O3)[C@@H](OC[C@@H](O)CN3CCN(c4ccccn4)CC3)[C@H]2O1. The zero-order chi connectivity index (χ0) is 23.9. The first-order chi connectivity index (χ1) is 16.2. The van der Waals surface area contributed by atoms with Crippen molar-refractivity contribution in [2.75, 3.05) is 50.8 Å². The van der Waals surface area contributed by atoms with E-state index in [4.69, 9.17) is 28.4 Å². The Hall–Kier alpha value is -1.37. The molecule has 5 rings (SSSR count). The summed E-state index contributed by atoms with van der Waals surface area (Å²) in [5, 5.41) is 10.8. The zero-order valence-electron chi connectivity index (χ0n) is 20.5. The van der Waals surface area contributed by atoms with E-state index in [2.05, 4.69) is 14.8 Å². The topological polar surface area (TPSA) is 95.0 Å². The van der Waals surface area contributed by atoms with Crippen LogP contribution < -0.4 is 4.90 Å². The second-order valence-corrected chi connectivity index (χ2v) is 10.4. The van der Waals surface area contributed by atoms with Crippen LogP contribution in [0.4, 0.5) is 5.82 Å². The summed E-state index contributed by atoms with van der Waals surface area (Å²) < 4.78 is 36.2. The van der Waals surface area contributed by atoms with Crippen molar-refractivity contribution in [3.05, 3.63) is 24.4 Å². The average molecular weight is 480 g/mol. The van der Waals surface area contributed by atoms with Crippen LogP contribution in [0.2, 0.25) is 0 Å². The Morgan fingerprint density at radius 2 is 1.85 bits per heavy atom. The summed E-state index contributed by atoms with van der Waals surface area (Å²) in [6.07, 6.45) is -0.856. The van der Waals surface area contributed by atoms with E-state index in [9.17, 15) is 5.11 Å². The summed E-state index contributed by atoms with van der Waals surface area (Å²) in [5.41, 5.74) is 0. The number of fused-ring (bicyclic) bond motifs is 1. The first-order valence-electron chi connectivity index (χ1n) is 12.2. The Labute approximate surface area is 201 Å². The number of anilines is 1. The Kier molecular flexibility index (Phi) is 6.86. The molecule has 4 aliphatic heterocycles. The standard InChI is InChI=1S/C24H37N3O7/c1-23(2)30-15-17(32-23)19-20(21-22(31-19)34-24(3,4)33-21)29-14-16(28)13-26-9-11-27(12-10-26)18-7-5-6-8-25-18/h5-8,16-17,19-22,28H,9-15H2,1-4H3/t16-,17+,19+,20+,21+,22+/m0/s1. The lowest BCUT2D eigenvalue weighted by Crippen LogP contribution is -2.50. The molecule has 1 aromatic rings. The lowest BCUT2D eigenvalue weighted by atomic mass is 10.1. The molecule has 0 bridgehead atoms. The highest BCUT2D eigenvalue weighted by atomic mass is 16.8. The van der Waals surface area contributed by atoms with Gasteiger partial charge in [0.15, 0.2) is 17.9 Å². The highest BCUT2D eigenvalue weighted by molar-refractivity contribution is 5.38. The van der Waals surface area contributed by atoms with Crippen LogP contribution in [0.5, 0.6) is 0 Å². The zero-order valence-corrected chi connectivity index (χ0v) is 20.5. The number of pyridine rings is 1. The van der Waals surface area contributed by atoms with Gasteiger partial charge in [-0.15, -0.1) is 0 Å². The quantitative estimate of drug-likeness (QED) is 0.610. The van der Waals surface area contributed by atoms with Crippen LogP contribution >= 0.6 is 0 Å². The molecule has 5 heterocycles. The minimum absolute atomic E-state index is 0.176. The number of β-amino-alcohol motifs (C(OH)–C–C–N with tert-alkyl or cyclic N) is 1. The van der Waals surface area contributed by atoms with E-state index in [1.807, 2.05) is 52.1 Å². The van der Waals surface area contributed by atoms with Gasteiger partial charge in [0.2, 0.25) is 0 Å². The van der Waals surface area contributed by atoms with Gasteiger partial charge >= 0.3 is 0 Å². The van der Waals surface area contributed by atoms with Gasteiger partial charge in [0, 0.05) is 38.9 Å². The number of ether oxygens (including phenoxy) is 6. The number of aliphatic hydroxyl groups is 1. The number of aromatic nitrogens is 1. The molecule has 0 spiro atoms. The van der Waals surface area contributed by atoms with Gasteiger partial charge in [0.25, 0.3) is 0 Å². The van der Waals surface area contributed by atoms with E-state index in [0.717, 1.165) is 32.0 Å². The molecule has 0 radical (unpaired) electrons. The highest BCUT2D eigenvalue weighted by Gasteiger charge is 2.59. The van der Waals surface area contributed by atoms with Crippen molar-refractivity contribution in [3.63, 3.8) is 0 Å². The van der Waals surface area contributed by atoms with Crippen molar-refractivity contribution in [3.8, 4) is 0 Å². The largest absolute Gasteiger partial charge is 0.389 e. The van der Waals surface area contributed by atoms with E-state index in [-0.39, 0.29) is 18.8 Å². The smallest absolute Gasteiger partial charge is 0.190 e. The van der Waals surface area contributed by atoms with Gasteiger partial charge in [-0.1, -0.05) is 6.07 Å². The second kappa shape index (κ2) is 9.59. The Morgan fingerprint density at radius 1 is 1.06 bits per heavy atom. The summed E-state index contributed by atoms with van der Waals surface area (Å²) >= 11 is 0. The molecule has 0 aromatic carbocycles. The van der Waals surface area contributed by atoms with Gasteiger partial charge in [-0.05, 0) is 39.8 Å². The monoisotopic (exact) mass is 479 g/mol. The molecule has 0 amide bonds. The fraction of sp³-hybridized carbons (Fsp3) is 0.792. The lowest BCUT2D eigenvalue weighted by Gasteiger charge is -2.36. The number of hydrogen-bond acceptors (Lipinski definition) is 10. The summed E-state index contributed by atoms with van der Waals surface area (Å²) in [6, 6.07) is 5.96. The van der Waals surface area contributed by atoms with Crippen molar-refractivity contribution >= 4 is 5.82 Å². The normalized spacial score (nSPS) is 36.0. The van der Waals surface area contributed by atoms with Crippen LogP contribution in [0.3, 0.4) is 0 Å². The maximum Gasteiger partial charge on any atom is 0.190 e. The number of hydrogen-bond donors (Lipinski definition) is 1. The van der Waals surface area contributed by atoms with E-state index in [1.165, 1.54) is 0 Å². The summed E-state index contributed by atoms with van der Waals surface area (Å²) in [4.78, 5) is 8.96. The number of rotatable bonds is 7. The Balaban J connectivity index is 1.14. The molecule has 0 unspecified atom stereocenters. The van der Waals surface area contributed by atoms with Crippen LogP contribution in [-0.2, 0) is 28.4 Å². The second-order valence-electron chi connectivity index (χ2n) is 10.4. The maximum absolute atomic E-state index is 10.8. The molecule has 4 aliphatic rings. The molecule has 1 N–H and O–H groups in total. The van der Waals surface area contributed by atoms with Crippen LogP contribution in [-0.4, -0.2) is 109 Å². The van der Waals surface area contributed by atoms with E-state index in [0.29, 0.717) is 13.2 Å². The first kappa shape index (κ1) is 24.3. The molecule has 10 heteroatoms. The van der Waals surface area contributed by atoms with E-state index < -0.39 is 36.2 Å². The van der Waals surface area contributed by atoms with Crippen molar-refractivity contribution in [2.45, 2.75) is 76.1 Å². The maximum atomic E-state index is 10.8. The van der Waals surface area contributed by atoms with E-state index in [1.54, 1.807) is 0 Å². The number of nitrogens with zero attached hydrogens (tertiary/aromatic N) is 3. The lowest BCUT2D eigenvalue weighted by molar-refractivity contribution is -0.237. The molecule has 0 saturated carbocycles. The predicted molar refractivity (Wildman–Crippen MR) is 122 cm³/mol. The third kappa shape index (κ3) is 5.39. The third-order valence-electron chi connectivity index (χ3n) is 6.72. The number of piperazine rings is 1. The van der Waals surface area contributed by atoms with Crippen molar-refractivity contribution < 1.29 is 33.5 Å². The highest BCUT2D eigenvalue weighted by Crippen LogP contribution is 2.42. The third-order valence-corrected chi connectivity index (χ3v) is 6.72. The van der Waals surface area contributed by atoms with Crippen LogP contribution in [0.1, 0.15) is 27.7 Å². The fourth-order valence-corrected chi connectivity index (χ4v) is 5.14. The summed E-state index contributed by atoms with van der Waals surface area (Å²) in [6.45, 7) is 12.1. The molecule has 4 saturated heterocycles. The summed E-state index contributed by atoms with van der Waals surface area (Å²) in [5.74, 6) is -0.426. The molecule has 1 aromatic heterocycles. The van der Waals surface area contributed by atoms with Crippen molar-refractivity contribution in [2.24, 2.45) is 0 Å². The number of aliphatic hydroxyl groups excluding tert-OH is 1. The van der Waals surface area contributed by atoms with Crippen LogP contribution in [0.25, 0.3) is 0 Å². The Bertz CT molecular complexity index is 818. The van der Waals surface area contributed by atoms with E-state index >= 15 is 0 Å². The molecule has 10 nitrogen and oxygen atoms in total. The average Bonchev–Trinajstić information content (AvgIpc) is 3.42. The first-order valence-corrected chi connectivity index (χ1v) is 12.2. The predicted octanol–water partition coefficient (Wildman–Crippen LogP) is 0.978. The van der Waals surface area contributed by atoms with Crippen molar-refractivity contribution in [1.82, 2.24) is 9.88 Å². The molecular weight excluding hydrogens is 442 g/mol. The van der Waals surface area contributed by atoms with Gasteiger partial charge in [-0.3, -0.25) is 4.90 Å². The van der Waals surface area contributed by atoms with Crippen LogP contribution in [0, 0.1) is 0 Å².